The molecule has 2 heterocycles. The number of nitrogens with one attached hydrogen (secondary N) is 1. The average molecular weight is 336 g/mol. The number of nitrogens with zero attached hydrogens (tertiary/aromatic N) is 1. The standard InChI is InChI=1S/C17H21FN2O4/c1-20-14(21)10-24-16(15(20)11-4-6-12(18)7-5-11)17(22)19-9-13-3-2-8-23-13/h4-7,13,15-16H,2-3,8-10H2,1H3,(H,19,22)/t13-,15-,16+/m1/s1. The van der Waals surface area contributed by atoms with Crippen LogP contribution in [0.3, 0.4) is 0 Å². The Morgan fingerprint density at radius 2 is 2.08 bits per heavy atom. The maximum absolute atomic E-state index is 13.2. The maximum atomic E-state index is 13.2. The zero-order chi connectivity index (χ0) is 17.1. The number of rotatable bonds is 4. The Bertz CT molecular complexity index is 601. The Morgan fingerprint density at radius 3 is 2.75 bits per heavy atom. The fourth-order valence-corrected chi connectivity index (χ4v) is 3.11. The van der Waals surface area contributed by atoms with Crippen molar-refractivity contribution in [2.24, 2.45) is 0 Å². The van der Waals surface area contributed by atoms with Gasteiger partial charge in [-0.1, -0.05) is 12.1 Å². The van der Waals surface area contributed by atoms with E-state index in [0.29, 0.717) is 12.1 Å². The summed E-state index contributed by atoms with van der Waals surface area (Å²) in [5.41, 5.74) is 0.657. The Morgan fingerprint density at radius 1 is 1.33 bits per heavy atom. The number of ether oxygens (including phenoxy) is 2. The molecule has 24 heavy (non-hydrogen) atoms. The SMILES string of the molecule is CN1C(=O)CO[C@H](C(=O)NC[C@H]2CCCO2)[C@H]1c1ccc(F)cc1. The zero-order valence-corrected chi connectivity index (χ0v) is 13.5. The molecule has 2 amide bonds. The van der Waals surface area contributed by atoms with Gasteiger partial charge in [0.25, 0.3) is 5.91 Å². The predicted molar refractivity (Wildman–Crippen MR) is 83.6 cm³/mol. The summed E-state index contributed by atoms with van der Waals surface area (Å²) in [4.78, 5) is 26.0. The first kappa shape index (κ1) is 16.9. The number of carbonyl (C=O) groups is 2. The summed E-state index contributed by atoms with van der Waals surface area (Å²) in [5.74, 6) is -0.879. The molecule has 3 rings (SSSR count). The van der Waals surface area contributed by atoms with Crippen LogP contribution < -0.4 is 5.32 Å². The summed E-state index contributed by atoms with van der Waals surface area (Å²) >= 11 is 0. The highest BCUT2D eigenvalue weighted by atomic mass is 19.1. The normalized spacial score (nSPS) is 27.3. The third-order valence-electron chi connectivity index (χ3n) is 4.48. The van der Waals surface area contributed by atoms with Gasteiger partial charge >= 0.3 is 0 Å². The van der Waals surface area contributed by atoms with Gasteiger partial charge in [0.2, 0.25) is 5.91 Å². The Kier molecular flexibility index (Phi) is 5.11. The van der Waals surface area contributed by atoms with Crippen molar-refractivity contribution in [1.29, 1.82) is 0 Å². The van der Waals surface area contributed by atoms with E-state index < -0.39 is 12.1 Å². The minimum absolute atomic E-state index is 0.0289. The van der Waals surface area contributed by atoms with E-state index >= 15 is 0 Å². The van der Waals surface area contributed by atoms with Crippen molar-refractivity contribution < 1.29 is 23.5 Å². The first-order valence-electron chi connectivity index (χ1n) is 8.08. The van der Waals surface area contributed by atoms with Crippen LogP contribution in [0.2, 0.25) is 0 Å². The quantitative estimate of drug-likeness (QED) is 0.891. The van der Waals surface area contributed by atoms with Gasteiger partial charge < -0.3 is 19.7 Å². The third-order valence-corrected chi connectivity index (χ3v) is 4.48. The summed E-state index contributed by atoms with van der Waals surface area (Å²) in [6.07, 6.45) is 1.11. The lowest BCUT2D eigenvalue weighted by Crippen LogP contribution is -2.53. The third kappa shape index (κ3) is 3.57. The topological polar surface area (TPSA) is 67.9 Å². The van der Waals surface area contributed by atoms with Crippen LogP contribution in [0.15, 0.2) is 24.3 Å². The van der Waals surface area contributed by atoms with Crippen molar-refractivity contribution in [1.82, 2.24) is 10.2 Å². The molecule has 2 aliphatic rings. The van der Waals surface area contributed by atoms with E-state index in [-0.39, 0.29) is 30.3 Å². The van der Waals surface area contributed by atoms with E-state index in [4.69, 9.17) is 9.47 Å². The molecular weight excluding hydrogens is 315 g/mol. The molecule has 0 unspecified atom stereocenters. The van der Waals surface area contributed by atoms with Gasteiger partial charge in [0.05, 0.1) is 12.1 Å². The number of morpholine rings is 1. The van der Waals surface area contributed by atoms with E-state index in [1.54, 1.807) is 19.2 Å². The lowest BCUT2D eigenvalue weighted by molar-refractivity contribution is -0.162. The fourth-order valence-electron chi connectivity index (χ4n) is 3.11. The van der Waals surface area contributed by atoms with Crippen molar-refractivity contribution in [2.75, 3.05) is 26.8 Å². The van der Waals surface area contributed by atoms with Crippen molar-refractivity contribution in [3.05, 3.63) is 35.6 Å². The molecule has 0 aromatic heterocycles. The molecule has 2 fully saturated rings. The van der Waals surface area contributed by atoms with Crippen molar-refractivity contribution >= 4 is 11.8 Å². The van der Waals surface area contributed by atoms with Gasteiger partial charge in [-0.05, 0) is 30.5 Å². The number of carbonyl (C=O) groups excluding carboxylic acids is 2. The van der Waals surface area contributed by atoms with Gasteiger partial charge in [0.15, 0.2) is 6.10 Å². The second-order valence-electron chi connectivity index (χ2n) is 6.11. The number of hydrogen-bond acceptors (Lipinski definition) is 4. The number of halogens is 1. The van der Waals surface area contributed by atoms with Crippen LogP contribution in [0, 0.1) is 5.82 Å². The van der Waals surface area contributed by atoms with E-state index in [9.17, 15) is 14.0 Å². The number of hydrogen-bond donors (Lipinski definition) is 1. The van der Waals surface area contributed by atoms with E-state index in [1.807, 2.05) is 0 Å². The molecule has 2 saturated heterocycles. The molecule has 6 nitrogen and oxygen atoms in total. The minimum Gasteiger partial charge on any atom is -0.376 e. The summed E-state index contributed by atoms with van der Waals surface area (Å²) in [6.45, 7) is 0.995. The molecule has 2 aliphatic heterocycles. The van der Waals surface area contributed by atoms with Gasteiger partial charge in [-0.3, -0.25) is 9.59 Å². The van der Waals surface area contributed by atoms with Crippen LogP contribution >= 0.6 is 0 Å². The predicted octanol–water partition coefficient (Wildman–Crippen LogP) is 1.02. The summed E-state index contributed by atoms with van der Waals surface area (Å²) in [5, 5.41) is 2.84. The fraction of sp³-hybridized carbons (Fsp3) is 0.529. The molecule has 1 aromatic carbocycles. The van der Waals surface area contributed by atoms with Crippen LogP contribution in [0.25, 0.3) is 0 Å². The van der Waals surface area contributed by atoms with E-state index in [0.717, 1.165) is 19.4 Å². The van der Waals surface area contributed by atoms with Crippen LogP contribution in [0.5, 0.6) is 0 Å². The highest BCUT2D eigenvalue weighted by Gasteiger charge is 2.40. The van der Waals surface area contributed by atoms with Crippen LogP contribution in [0.4, 0.5) is 4.39 Å². The zero-order valence-electron chi connectivity index (χ0n) is 13.5. The van der Waals surface area contributed by atoms with Crippen molar-refractivity contribution in [3.63, 3.8) is 0 Å². The van der Waals surface area contributed by atoms with Gasteiger partial charge in [-0.25, -0.2) is 4.39 Å². The number of likely N-dealkylation sites (N-methyl/N-ethyl adjacent to an activating group) is 1. The van der Waals surface area contributed by atoms with E-state index in [1.165, 1.54) is 17.0 Å². The maximum Gasteiger partial charge on any atom is 0.251 e. The average Bonchev–Trinajstić information content (AvgIpc) is 3.09. The van der Waals surface area contributed by atoms with Gasteiger partial charge in [-0.2, -0.15) is 0 Å². The first-order chi connectivity index (χ1) is 11.6. The smallest absolute Gasteiger partial charge is 0.251 e. The molecule has 0 spiro atoms. The monoisotopic (exact) mass is 336 g/mol. The molecule has 3 atom stereocenters. The first-order valence-corrected chi connectivity index (χ1v) is 8.08. The molecular formula is C17H21FN2O4. The second-order valence-corrected chi connectivity index (χ2v) is 6.11. The number of amides is 2. The summed E-state index contributed by atoms with van der Waals surface area (Å²) < 4.78 is 24.2. The van der Waals surface area contributed by atoms with E-state index in [2.05, 4.69) is 5.32 Å². The highest BCUT2D eigenvalue weighted by molar-refractivity contribution is 5.86. The summed E-state index contributed by atoms with van der Waals surface area (Å²) in [6, 6.07) is 5.17. The Balaban J connectivity index is 1.74. The Hall–Kier alpha value is -1.99. The lowest BCUT2D eigenvalue weighted by Gasteiger charge is -2.38. The van der Waals surface area contributed by atoms with Crippen LogP contribution in [-0.2, 0) is 19.1 Å². The second kappa shape index (κ2) is 7.27. The largest absolute Gasteiger partial charge is 0.376 e. The Labute approximate surface area is 139 Å². The highest BCUT2D eigenvalue weighted by Crippen LogP contribution is 2.29. The van der Waals surface area contributed by atoms with Crippen molar-refractivity contribution in [2.45, 2.75) is 31.1 Å². The van der Waals surface area contributed by atoms with Crippen LogP contribution in [-0.4, -0.2) is 55.7 Å². The molecule has 0 radical (unpaired) electrons. The molecule has 130 valence electrons. The van der Waals surface area contributed by atoms with Gasteiger partial charge in [0, 0.05) is 20.2 Å². The molecule has 0 bridgehead atoms. The molecule has 1 N–H and O–H groups in total. The van der Waals surface area contributed by atoms with Gasteiger partial charge in [0.1, 0.15) is 12.4 Å². The van der Waals surface area contributed by atoms with Gasteiger partial charge in [-0.15, -0.1) is 0 Å². The minimum atomic E-state index is -0.834. The van der Waals surface area contributed by atoms with Crippen LogP contribution in [0.1, 0.15) is 24.4 Å². The van der Waals surface area contributed by atoms with Crippen molar-refractivity contribution in [3.8, 4) is 0 Å². The molecule has 0 saturated carbocycles. The molecule has 7 heteroatoms. The molecule has 0 aliphatic carbocycles. The summed E-state index contributed by atoms with van der Waals surface area (Å²) in [7, 11) is 1.62. The lowest BCUT2D eigenvalue weighted by atomic mass is 9.97. The molecule has 1 aromatic rings. The number of benzene rings is 1.